The Kier molecular flexibility index (Phi) is 4.56. The van der Waals surface area contributed by atoms with Crippen molar-refractivity contribution in [2.24, 2.45) is 0 Å². The van der Waals surface area contributed by atoms with Crippen molar-refractivity contribution in [1.29, 1.82) is 0 Å². The van der Waals surface area contributed by atoms with Gasteiger partial charge in [-0.25, -0.2) is 0 Å². The van der Waals surface area contributed by atoms with Crippen molar-refractivity contribution in [2.75, 3.05) is 33.0 Å². The molecule has 1 aromatic carbocycles. The van der Waals surface area contributed by atoms with Gasteiger partial charge in [-0.15, -0.1) is 0 Å². The van der Waals surface area contributed by atoms with E-state index in [1.807, 2.05) is 23.1 Å². The summed E-state index contributed by atoms with van der Waals surface area (Å²) in [6.07, 6.45) is 2.57. The van der Waals surface area contributed by atoms with E-state index in [-0.39, 0.29) is 24.7 Å². The Bertz CT molecular complexity index is 642. The smallest absolute Gasteiger partial charge is 0.231 e. The van der Waals surface area contributed by atoms with E-state index in [4.69, 9.17) is 9.47 Å². The number of hydrogen-bond acceptors (Lipinski definition) is 5. The van der Waals surface area contributed by atoms with Gasteiger partial charge < -0.3 is 19.5 Å². The van der Waals surface area contributed by atoms with Gasteiger partial charge in [0.25, 0.3) is 0 Å². The molecule has 3 aliphatic heterocycles. The number of likely N-dealkylation sites (tertiary alicyclic amines) is 2. The minimum Gasteiger partial charge on any atom is -0.454 e. The van der Waals surface area contributed by atoms with E-state index in [2.05, 4.69) is 4.90 Å². The molecular weight excluding hydrogens is 320 g/mol. The lowest BCUT2D eigenvalue weighted by molar-refractivity contribution is -0.130. The van der Waals surface area contributed by atoms with Gasteiger partial charge in [-0.05, 0) is 43.5 Å². The van der Waals surface area contributed by atoms with Crippen LogP contribution in [0.15, 0.2) is 18.2 Å². The molecule has 1 N–H and O–H groups in total. The van der Waals surface area contributed by atoms with Crippen LogP contribution < -0.4 is 9.47 Å². The third-order valence-electron chi connectivity index (χ3n) is 5.86. The quantitative estimate of drug-likeness (QED) is 0.881. The van der Waals surface area contributed by atoms with Gasteiger partial charge in [0, 0.05) is 38.5 Å². The average molecular weight is 346 g/mol. The molecule has 1 aromatic rings. The van der Waals surface area contributed by atoms with Crippen LogP contribution in [0.1, 0.15) is 37.7 Å². The number of benzene rings is 1. The lowest BCUT2D eigenvalue weighted by Crippen LogP contribution is -2.51. The molecule has 4 rings (SSSR count). The summed E-state index contributed by atoms with van der Waals surface area (Å²) in [5.74, 6) is 1.87. The number of fused-ring (bicyclic) bond motifs is 1. The van der Waals surface area contributed by atoms with Crippen LogP contribution in [0.25, 0.3) is 0 Å². The van der Waals surface area contributed by atoms with Crippen LogP contribution >= 0.6 is 0 Å². The Morgan fingerprint density at radius 2 is 1.88 bits per heavy atom. The number of rotatable bonds is 2. The van der Waals surface area contributed by atoms with E-state index in [0.717, 1.165) is 56.0 Å². The number of carbonyl (C=O) groups excluding carboxylic acids is 1. The highest BCUT2D eigenvalue weighted by Gasteiger charge is 2.34. The monoisotopic (exact) mass is 346 g/mol. The molecule has 0 saturated carbocycles. The summed E-state index contributed by atoms with van der Waals surface area (Å²) >= 11 is 0. The molecule has 0 unspecified atom stereocenters. The maximum Gasteiger partial charge on any atom is 0.231 e. The standard InChI is InChI=1S/C19H26N2O4/c1-13(22)20-7-4-15(5-8-20)21-9-6-16(17(23)11-21)14-2-3-18-19(10-14)25-12-24-18/h2-3,10,15-17,23H,4-9,11-12H2,1H3/t16-,17+/m0/s1. The first-order valence-electron chi connectivity index (χ1n) is 9.19. The molecule has 0 aromatic heterocycles. The van der Waals surface area contributed by atoms with E-state index >= 15 is 0 Å². The highest BCUT2D eigenvalue weighted by atomic mass is 16.7. The van der Waals surface area contributed by atoms with Crippen LogP contribution in [0.5, 0.6) is 11.5 Å². The second-order valence-corrected chi connectivity index (χ2v) is 7.31. The Hall–Kier alpha value is -1.79. The summed E-state index contributed by atoms with van der Waals surface area (Å²) in [5.41, 5.74) is 1.13. The Balaban J connectivity index is 1.37. The summed E-state index contributed by atoms with van der Waals surface area (Å²) in [6, 6.07) is 6.47. The number of carbonyl (C=O) groups is 1. The van der Waals surface area contributed by atoms with Gasteiger partial charge in [-0.1, -0.05) is 6.07 Å². The molecule has 2 saturated heterocycles. The number of hydrogen-bond donors (Lipinski definition) is 1. The lowest BCUT2D eigenvalue weighted by Gasteiger charge is -2.43. The zero-order valence-electron chi connectivity index (χ0n) is 14.7. The minimum absolute atomic E-state index is 0.142. The first-order chi connectivity index (χ1) is 12.1. The van der Waals surface area contributed by atoms with Crippen molar-refractivity contribution in [3.8, 4) is 11.5 Å². The van der Waals surface area contributed by atoms with Crippen LogP contribution in [-0.2, 0) is 4.79 Å². The van der Waals surface area contributed by atoms with Gasteiger partial charge in [0.2, 0.25) is 12.7 Å². The first-order valence-corrected chi connectivity index (χ1v) is 9.19. The molecule has 2 atom stereocenters. The highest BCUT2D eigenvalue weighted by molar-refractivity contribution is 5.73. The summed E-state index contributed by atoms with van der Waals surface area (Å²) in [7, 11) is 0. The third kappa shape index (κ3) is 3.33. The third-order valence-corrected chi connectivity index (χ3v) is 5.86. The fourth-order valence-corrected chi connectivity index (χ4v) is 4.37. The molecule has 1 amide bonds. The van der Waals surface area contributed by atoms with Gasteiger partial charge >= 0.3 is 0 Å². The van der Waals surface area contributed by atoms with Crippen LogP contribution in [0.4, 0.5) is 0 Å². The molecule has 136 valence electrons. The van der Waals surface area contributed by atoms with Gasteiger partial charge in [-0.2, -0.15) is 0 Å². The number of nitrogens with zero attached hydrogens (tertiary/aromatic N) is 2. The number of aliphatic hydroxyl groups is 1. The molecule has 25 heavy (non-hydrogen) atoms. The first kappa shape index (κ1) is 16.7. The van der Waals surface area contributed by atoms with E-state index in [0.29, 0.717) is 12.6 Å². The lowest BCUT2D eigenvalue weighted by atomic mass is 9.85. The normalized spacial score (nSPS) is 27.5. The number of amides is 1. The number of β-amino-alcohol motifs (C(OH)–C–C–N with tert-alkyl or cyclic N) is 1. The average Bonchev–Trinajstić information content (AvgIpc) is 3.09. The minimum atomic E-state index is -0.375. The second-order valence-electron chi connectivity index (χ2n) is 7.31. The predicted octanol–water partition coefficient (Wildman–Crippen LogP) is 1.58. The van der Waals surface area contributed by atoms with Crippen LogP contribution in [0.2, 0.25) is 0 Å². The number of aliphatic hydroxyl groups excluding tert-OH is 1. The van der Waals surface area contributed by atoms with Crippen LogP contribution in [-0.4, -0.2) is 65.9 Å². The molecule has 0 spiro atoms. The second kappa shape index (κ2) is 6.84. The zero-order valence-corrected chi connectivity index (χ0v) is 14.7. The van der Waals surface area contributed by atoms with Gasteiger partial charge in [0.05, 0.1) is 6.10 Å². The van der Waals surface area contributed by atoms with E-state index < -0.39 is 0 Å². The SMILES string of the molecule is CC(=O)N1CCC(N2CC[C@@H](c3ccc4c(c3)OCO4)[C@H](O)C2)CC1. The fourth-order valence-electron chi connectivity index (χ4n) is 4.37. The Morgan fingerprint density at radius 1 is 1.12 bits per heavy atom. The van der Waals surface area contributed by atoms with Gasteiger partial charge in [-0.3, -0.25) is 9.69 Å². The Morgan fingerprint density at radius 3 is 2.60 bits per heavy atom. The van der Waals surface area contributed by atoms with Crippen molar-refractivity contribution in [3.63, 3.8) is 0 Å². The van der Waals surface area contributed by atoms with Gasteiger partial charge in [0.1, 0.15) is 0 Å². The molecule has 3 heterocycles. The molecule has 6 nitrogen and oxygen atoms in total. The molecule has 0 radical (unpaired) electrons. The summed E-state index contributed by atoms with van der Waals surface area (Å²) in [6.45, 7) is 5.26. The van der Waals surface area contributed by atoms with Crippen molar-refractivity contribution >= 4 is 5.91 Å². The summed E-state index contributed by atoms with van der Waals surface area (Å²) < 4.78 is 10.8. The highest BCUT2D eigenvalue weighted by Crippen LogP contribution is 2.38. The maximum atomic E-state index is 11.5. The molecular formula is C19H26N2O4. The van der Waals surface area contributed by atoms with Crippen molar-refractivity contribution in [2.45, 2.75) is 44.2 Å². The predicted molar refractivity (Wildman–Crippen MR) is 92.8 cm³/mol. The van der Waals surface area contributed by atoms with E-state index in [1.54, 1.807) is 6.92 Å². The zero-order chi connectivity index (χ0) is 17.4. The van der Waals surface area contributed by atoms with Crippen molar-refractivity contribution in [1.82, 2.24) is 9.80 Å². The van der Waals surface area contributed by atoms with Crippen LogP contribution in [0.3, 0.4) is 0 Å². The molecule has 6 heteroatoms. The van der Waals surface area contributed by atoms with Gasteiger partial charge in [0.15, 0.2) is 11.5 Å². The Labute approximate surface area is 148 Å². The number of piperidine rings is 2. The largest absolute Gasteiger partial charge is 0.454 e. The van der Waals surface area contributed by atoms with E-state index in [1.165, 1.54) is 0 Å². The topological polar surface area (TPSA) is 62.2 Å². The van der Waals surface area contributed by atoms with Crippen molar-refractivity contribution in [3.05, 3.63) is 23.8 Å². The summed E-state index contributed by atoms with van der Waals surface area (Å²) in [4.78, 5) is 15.8. The molecule has 0 aliphatic carbocycles. The summed E-state index contributed by atoms with van der Waals surface area (Å²) in [5, 5.41) is 10.7. The molecule has 2 fully saturated rings. The molecule has 0 bridgehead atoms. The van der Waals surface area contributed by atoms with E-state index in [9.17, 15) is 9.90 Å². The van der Waals surface area contributed by atoms with Crippen LogP contribution in [0, 0.1) is 0 Å². The molecule has 3 aliphatic rings. The number of ether oxygens (including phenoxy) is 2. The maximum absolute atomic E-state index is 11.5. The van der Waals surface area contributed by atoms with Crippen molar-refractivity contribution < 1.29 is 19.4 Å². The fraction of sp³-hybridized carbons (Fsp3) is 0.632.